The number of rotatable bonds is 8. The Balaban J connectivity index is 1.62. The van der Waals surface area contributed by atoms with Gasteiger partial charge in [0.05, 0.1) is 30.3 Å². The minimum absolute atomic E-state index is 0.0821. The molecule has 3 aromatic carbocycles. The SMILES string of the molecule is COc1ccc([C@@H](CC(C)C)NC(=O)[C@@H]2CN(S(=O)(=O)c3ccc(Cl)cc3)c3ccccc3O2)cc1. The molecule has 0 unspecified atom stereocenters. The Hall–Kier alpha value is -3.23. The lowest BCUT2D eigenvalue weighted by Crippen LogP contribution is -2.51. The number of sulfonamides is 1. The highest BCUT2D eigenvalue weighted by Crippen LogP contribution is 2.37. The van der Waals surface area contributed by atoms with Crippen molar-refractivity contribution in [2.75, 3.05) is 18.0 Å². The van der Waals surface area contributed by atoms with Crippen LogP contribution in [0.5, 0.6) is 11.5 Å². The number of methoxy groups -OCH3 is 1. The number of nitrogens with zero attached hydrogens (tertiary/aromatic N) is 1. The fourth-order valence-corrected chi connectivity index (χ4v) is 5.75. The first kappa shape index (κ1) is 25.9. The monoisotopic (exact) mass is 528 g/mol. The van der Waals surface area contributed by atoms with Crippen molar-refractivity contribution in [3.63, 3.8) is 0 Å². The van der Waals surface area contributed by atoms with Gasteiger partial charge in [-0.1, -0.05) is 49.7 Å². The maximum Gasteiger partial charge on any atom is 0.264 e. The van der Waals surface area contributed by atoms with Crippen LogP contribution in [0.25, 0.3) is 0 Å². The quantitative estimate of drug-likeness (QED) is 0.434. The summed E-state index contributed by atoms with van der Waals surface area (Å²) in [6.45, 7) is 4.00. The van der Waals surface area contributed by atoms with Crippen molar-refractivity contribution in [1.29, 1.82) is 0 Å². The Morgan fingerprint density at radius 2 is 1.75 bits per heavy atom. The van der Waals surface area contributed by atoms with Gasteiger partial charge in [-0.25, -0.2) is 8.42 Å². The summed E-state index contributed by atoms with van der Waals surface area (Å²) >= 11 is 5.96. The summed E-state index contributed by atoms with van der Waals surface area (Å²) in [6, 6.07) is 20.0. The van der Waals surface area contributed by atoms with Crippen molar-refractivity contribution in [3.8, 4) is 11.5 Å². The van der Waals surface area contributed by atoms with Crippen LogP contribution in [0.15, 0.2) is 77.7 Å². The van der Waals surface area contributed by atoms with Crippen LogP contribution in [-0.2, 0) is 14.8 Å². The van der Waals surface area contributed by atoms with Gasteiger partial charge in [-0.15, -0.1) is 0 Å². The van der Waals surface area contributed by atoms with Gasteiger partial charge in [-0.05, 0) is 66.4 Å². The number of carbonyl (C=O) groups excluding carboxylic acids is 1. The summed E-state index contributed by atoms with van der Waals surface area (Å²) in [5.74, 6) is 0.976. The highest BCUT2D eigenvalue weighted by molar-refractivity contribution is 7.92. The minimum atomic E-state index is -3.97. The average molecular weight is 529 g/mol. The topological polar surface area (TPSA) is 84.9 Å². The summed E-state index contributed by atoms with van der Waals surface area (Å²) in [7, 11) is -2.36. The van der Waals surface area contributed by atoms with Crippen LogP contribution in [0.3, 0.4) is 0 Å². The van der Waals surface area contributed by atoms with Crippen LogP contribution in [0, 0.1) is 5.92 Å². The summed E-state index contributed by atoms with van der Waals surface area (Å²) in [6.07, 6.45) is -0.330. The van der Waals surface area contributed by atoms with E-state index < -0.39 is 16.1 Å². The Morgan fingerprint density at radius 1 is 1.08 bits per heavy atom. The predicted molar refractivity (Wildman–Crippen MR) is 140 cm³/mol. The van der Waals surface area contributed by atoms with E-state index in [1.165, 1.54) is 28.6 Å². The molecule has 0 radical (unpaired) electrons. The Labute approximate surface area is 217 Å². The first-order valence-corrected chi connectivity index (χ1v) is 13.5. The zero-order chi connectivity index (χ0) is 25.9. The predicted octanol–water partition coefficient (Wildman–Crippen LogP) is 5.21. The fraction of sp³-hybridized carbons (Fsp3) is 0.296. The van der Waals surface area contributed by atoms with Crippen molar-refractivity contribution in [2.45, 2.75) is 37.3 Å². The third-order valence-electron chi connectivity index (χ3n) is 5.97. The molecule has 190 valence electrons. The number of ether oxygens (including phenoxy) is 2. The smallest absolute Gasteiger partial charge is 0.264 e. The molecule has 3 aromatic rings. The zero-order valence-corrected chi connectivity index (χ0v) is 21.9. The largest absolute Gasteiger partial charge is 0.497 e. The molecule has 0 aromatic heterocycles. The van der Waals surface area contributed by atoms with Crippen molar-refractivity contribution in [2.24, 2.45) is 5.92 Å². The number of hydrogen-bond acceptors (Lipinski definition) is 5. The Bertz CT molecular complexity index is 1310. The van der Waals surface area contributed by atoms with Gasteiger partial charge < -0.3 is 14.8 Å². The van der Waals surface area contributed by atoms with Crippen molar-refractivity contribution in [1.82, 2.24) is 5.32 Å². The maximum atomic E-state index is 13.6. The molecule has 0 spiro atoms. The summed E-state index contributed by atoms with van der Waals surface area (Å²) < 4.78 is 39.6. The standard InChI is InChI=1S/C27H29ClN2O5S/c1-18(2)16-23(19-8-12-21(34-3)13-9-19)29-27(31)26-17-30(24-6-4-5-7-25(24)35-26)36(32,33)22-14-10-20(28)11-15-22/h4-15,18,23,26H,16-17H2,1-3H3,(H,29,31)/t23-,26+/m1/s1. The molecule has 1 aliphatic heterocycles. The molecule has 1 N–H and O–H groups in total. The van der Waals surface area contributed by atoms with E-state index >= 15 is 0 Å². The third-order valence-corrected chi connectivity index (χ3v) is 8.02. The Morgan fingerprint density at radius 3 is 2.39 bits per heavy atom. The van der Waals surface area contributed by atoms with Crippen molar-refractivity contribution < 1.29 is 22.7 Å². The average Bonchev–Trinajstić information content (AvgIpc) is 2.87. The van der Waals surface area contributed by atoms with Crippen molar-refractivity contribution in [3.05, 3.63) is 83.4 Å². The number of hydrogen-bond donors (Lipinski definition) is 1. The number of para-hydroxylation sites is 2. The van der Waals surface area contributed by atoms with E-state index in [0.29, 0.717) is 28.8 Å². The number of anilines is 1. The molecule has 0 saturated heterocycles. The molecule has 1 aliphatic rings. The van der Waals surface area contributed by atoms with Crippen LogP contribution in [0.4, 0.5) is 5.69 Å². The molecule has 4 rings (SSSR count). The molecule has 0 saturated carbocycles. The van der Waals surface area contributed by atoms with Gasteiger partial charge in [0, 0.05) is 5.02 Å². The lowest BCUT2D eigenvalue weighted by molar-refractivity contribution is -0.128. The van der Waals surface area contributed by atoms with Gasteiger partial charge >= 0.3 is 0 Å². The molecular formula is C27H29ClN2O5S. The van der Waals surface area contributed by atoms with E-state index in [2.05, 4.69) is 19.2 Å². The normalized spacial score (nSPS) is 16.1. The maximum absolute atomic E-state index is 13.6. The van der Waals surface area contributed by atoms with Crippen LogP contribution < -0.4 is 19.1 Å². The zero-order valence-electron chi connectivity index (χ0n) is 20.3. The number of carbonyl (C=O) groups is 1. The molecule has 0 fully saturated rings. The number of benzene rings is 3. The minimum Gasteiger partial charge on any atom is -0.497 e. The first-order valence-electron chi connectivity index (χ1n) is 11.7. The fourth-order valence-electron chi connectivity index (χ4n) is 4.15. The molecule has 2 atom stereocenters. The molecule has 1 heterocycles. The van der Waals surface area contributed by atoms with Crippen LogP contribution in [0.1, 0.15) is 31.9 Å². The van der Waals surface area contributed by atoms with Gasteiger partial charge in [0.2, 0.25) is 0 Å². The number of nitrogens with one attached hydrogen (secondary N) is 1. The molecular weight excluding hydrogens is 500 g/mol. The van der Waals surface area contributed by atoms with Gasteiger partial charge in [0.1, 0.15) is 11.5 Å². The van der Waals surface area contributed by atoms with Gasteiger partial charge in [0.25, 0.3) is 15.9 Å². The molecule has 1 amide bonds. The molecule has 9 heteroatoms. The van der Waals surface area contributed by atoms with Crippen molar-refractivity contribution >= 4 is 33.2 Å². The van der Waals surface area contributed by atoms with E-state index in [1.807, 2.05) is 24.3 Å². The lowest BCUT2D eigenvalue weighted by Gasteiger charge is -2.35. The summed E-state index contributed by atoms with van der Waals surface area (Å²) in [5.41, 5.74) is 1.31. The second-order valence-corrected chi connectivity index (χ2v) is 11.3. The summed E-state index contributed by atoms with van der Waals surface area (Å²) in [5, 5.41) is 3.51. The highest BCUT2D eigenvalue weighted by Gasteiger charge is 2.38. The molecule has 7 nitrogen and oxygen atoms in total. The van der Waals surface area contributed by atoms with E-state index in [9.17, 15) is 13.2 Å². The van der Waals surface area contributed by atoms with Crippen LogP contribution >= 0.6 is 11.6 Å². The van der Waals surface area contributed by atoms with Gasteiger partial charge in [-0.2, -0.15) is 0 Å². The van der Waals surface area contributed by atoms with Crippen LogP contribution in [0.2, 0.25) is 5.02 Å². The Kier molecular flexibility index (Phi) is 7.76. The second-order valence-electron chi connectivity index (χ2n) is 9.03. The van der Waals surface area contributed by atoms with E-state index in [4.69, 9.17) is 21.1 Å². The van der Waals surface area contributed by atoms with E-state index in [0.717, 1.165) is 11.3 Å². The molecule has 0 bridgehead atoms. The highest BCUT2D eigenvalue weighted by atomic mass is 35.5. The summed E-state index contributed by atoms with van der Waals surface area (Å²) in [4.78, 5) is 13.5. The lowest BCUT2D eigenvalue weighted by atomic mass is 9.96. The van der Waals surface area contributed by atoms with Gasteiger partial charge in [0.15, 0.2) is 6.10 Å². The van der Waals surface area contributed by atoms with E-state index in [1.54, 1.807) is 31.4 Å². The van der Waals surface area contributed by atoms with Crippen LogP contribution in [-0.4, -0.2) is 34.1 Å². The van der Waals surface area contributed by atoms with Gasteiger partial charge in [-0.3, -0.25) is 9.10 Å². The molecule has 36 heavy (non-hydrogen) atoms. The number of fused-ring (bicyclic) bond motifs is 1. The second kappa shape index (κ2) is 10.8. The molecule has 0 aliphatic carbocycles. The van der Waals surface area contributed by atoms with E-state index in [-0.39, 0.29) is 23.4 Å². The first-order chi connectivity index (χ1) is 17.2. The number of amides is 1. The third kappa shape index (κ3) is 5.60. The number of halogens is 1.